The first-order valence-electron chi connectivity index (χ1n) is 27.8. The highest BCUT2D eigenvalue weighted by atomic mass is 16.7. The molecule has 0 unspecified atom stereocenters. The van der Waals surface area contributed by atoms with Gasteiger partial charge in [-0.25, -0.2) is 5.06 Å². The number of hydrogen-bond donors (Lipinski definition) is 2. The Morgan fingerprint density at radius 2 is 0.857 bits per heavy atom. The summed E-state index contributed by atoms with van der Waals surface area (Å²) in [5.41, 5.74) is 0. The molecule has 0 aliphatic rings. The molecule has 0 fully saturated rings. The van der Waals surface area contributed by atoms with Gasteiger partial charge in [0.1, 0.15) is 0 Å². The second-order valence-corrected chi connectivity index (χ2v) is 19.2. The predicted octanol–water partition coefficient (Wildman–Crippen LogP) is 16.8. The highest BCUT2D eigenvalue weighted by molar-refractivity contribution is 5.77. The van der Waals surface area contributed by atoms with Crippen LogP contribution in [-0.4, -0.2) is 72.5 Å². The number of carboxylic acid groups (broad SMARTS) is 1. The maximum atomic E-state index is 12.4. The monoisotopic (exact) mass is 893 g/mol. The van der Waals surface area contributed by atoms with Crippen LogP contribution < -0.4 is 0 Å². The van der Waals surface area contributed by atoms with Crippen LogP contribution in [0.4, 0.5) is 0 Å². The van der Waals surface area contributed by atoms with Crippen LogP contribution in [0.2, 0.25) is 0 Å². The minimum absolute atomic E-state index is 0.150. The van der Waals surface area contributed by atoms with Gasteiger partial charge in [-0.3, -0.25) is 14.4 Å². The Bertz CT molecular complexity index is 913. The average Bonchev–Trinajstić information content (AvgIpc) is 3.28. The van der Waals surface area contributed by atoms with E-state index in [-0.39, 0.29) is 18.4 Å². The number of rotatable bonds is 49. The van der Waals surface area contributed by atoms with Gasteiger partial charge in [-0.2, -0.15) is 0 Å². The second-order valence-electron chi connectivity index (χ2n) is 19.2. The lowest BCUT2D eigenvalue weighted by Gasteiger charge is -2.22. The summed E-state index contributed by atoms with van der Waals surface area (Å²) < 4.78 is 0. The molecule has 376 valence electrons. The Hall–Kier alpha value is -1.44. The smallest absolute Gasteiger partial charge is 0.303 e. The molecule has 0 aromatic rings. The largest absolute Gasteiger partial charge is 0.481 e. The first kappa shape index (κ1) is 63.6. The number of aliphatic hydroxyl groups is 1. The van der Waals surface area contributed by atoms with Gasteiger partial charge in [0.15, 0.2) is 0 Å². The van der Waals surface area contributed by atoms with Crippen LogP contribution in [0.1, 0.15) is 285 Å². The van der Waals surface area contributed by atoms with Crippen molar-refractivity contribution in [2.24, 2.45) is 11.8 Å². The SMILES string of the molecule is CCCCCCCCC(C=CCCCCCCCN(CCO)CCCCCCCC(=O)O)CCCCCCCC.CCCCCCCCC(CCCCCCCC)C(=O)N(C)OC. The predicted molar refractivity (Wildman–Crippen MR) is 274 cm³/mol. The lowest BCUT2D eigenvalue weighted by molar-refractivity contribution is -0.174. The Morgan fingerprint density at radius 1 is 0.492 bits per heavy atom. The van der Waals surface area contributed by atoms with E-state index in [2.05, 4.69) is 44.7 Å². The third-order valence-electron chi connectivity index (χ3n) is 13.1. The lowest BCUT2D eigenvalue weighted by atomic mass is 9.93. The summed E-state index contributed by atoms with van der Waals surface area (Å²) >= 11 is 0. The van der Waals surface area contributed by atoms with Gasteiger partial charge in [0.2, 0.25) is 5.91 Å². The molecule has 2 N–H and O–H groups in total. The van der Waals surface area contributed by atoms with Crippen molar-refractivity contribution in [1.29, 1.82) is 0 Å². The van der Waals surface area contributed by atoms with Crippen LogP contribution in [0.15, 0.2) is 12.2 Å². The number of hydrogen-bond acceptors (Lipinski definition) is 5. The number of aliphatic hydroxyl groups excluding tert-OH is 1. The number of aliphatic carboxylic acids is 1. The number of carboxylic acids is 1. The fraction of sp³-hybridized carbons (Fsp3) is 0.929. The molecule has 0 saturated heterocycles. The number of allylic oxidation sites excluding steroid dienone is 2. The first-order chi connectivity index (χ1) is 30.8. The average molecular weight is 894 g/mol. The number of hydroxylamine groups is 2. The Kier molecular flexibility index (Phi) is 53.7. The highest BCUT2D eigenvalue weighted by Crippen LogP contribution is 2.23. The number of nitrogens with zero attached hydrogens (tertiary/aromatic N) is 2. The third-order valence-corrected chi connectivity index (χ3v) is 13.1. The Morgan fingerprint density at radius 3 is 1.25 bits per heavy atom. The third kappa shape index (κ3) is 48.3. The lowest BCUT2D eigenvalue weighted by Crippen LogP contribution is -2.32. The summed E-state index contributed by atoms with van der Waals surface area (Å²) in [4.78, 5) is 30.5. The van der Waals surface area contributed by atoms with Gasteiger partial charge >= 0.3 is 5.97 Å². The number of carbonyl (C=O) groups excluding carboxylic acids is 1. The van der Waals surface area contributed by atoms with E-state index in [1.54, 1.807) is 14.2 Å². The molecule has 0 rings (SSSR count). The molecule has 0 bridgehead atoms. The van der Waals surface area contributed by atoms with Gasteiger partial charge in [-0.1, -0.05) is 232 Å². The minimum Gasteiger partial charge on any atom is -0.481 e. The fourth-order valence-electron chi connectivity index (χ4n) is 8.83. The van der Waals surface area contributed by atoms with E-state index in [9.17, 15) is 14.7 Å². The zero-order valence-corrected chi connectivity index (χ0v) is 43.4. The molecule has 0 aromatic carbocycles. The molecule has 7 heteroatoms. The van der Waals surface area contributed by atoms with Crippen LogP contribution in [0.3, 0.4) is 0 Å². The van der Waals surface area contributed by atoms with E-state index < -0.39 is 5.97 Å². The van der Waals surface area contributed by atoms with Crippen molar-refractivity contribution in [2.45, 2.75) is 285 Å². The zero-order chi connectivity index (χ0) is 46.7. The van der Waals surface area contributed by atoms with E-state index in [1.807, 2.05) is 0 Å². The zero-order valence-electron chi connectivity index (χ0n) is 43.4. The van der Waals surface area contributed by atoms with Gasteiger partial charge in [0.05, 0.1) is 13.7 Å². The normalized spacial score (nSPS) is 11.7. The quantitative estimate of drug-likeness (QED) is 0.0359. The van der Waals surface area contributed by atoms with Gasteiger partial charge < -0.3 is 15.1 Å². The van der Waals surface area contributed by atoms with Crippen LogP contribution in [0.5, 0.6) is 0 Å². The molecule has 0 saturated carbocycles. The first-order valence-corrected chi connectivity index (χ1v) is 27.8. The van der Waals surface area contributed by atoms with Gasteiger partial charge in [-0.05, 0) is 76.8 Å². The molecular formula is C56H112N2O5. The fourth-order valence-corrected chi connectivity index (χ4v) is 8.83. The molecule has 7 nitrogen and oxygen atoms in total. The second kappa shape index (κ2) is 53.2. The number of amides is 1. The maximum Gasteiger partial charge on any atom is 0.303 e. The van der Waals surface area contributed by atoms with E-state index in [4.69, 9.17) is 9.94 Å². The van der Waals surface area contributed by atoms with Gasteiger partial charge in [0.25, 0.3) is 0 Å². The Balaban J connectivity index is 0. The summed E-state index contributed by atoms with van der Waals surface area (Å²) in [6.45, 7) is 12.3. The van der Waals surface area contributed by atoms with E-state index in [0.717, 1.165) is 70.5 Å². The summed E-state index contributed by atoms with van der Waals surface area (Å²) in [7, 11) is 3.31. The van der Waals surface area contributed by atoms with Gasteiger partial charge in [0, 0.05) is 25.9 Å². The highest BCUT2D eigenvalue weighted by Gasteiger charge is 2.21. The van der Waals surface area contributed by atoms with Crippen LogP contribution in [-0.2, 0) is 14.4 Å². The maximum absolute atomic E-state index is 12.4. The molecule has 0 aliphatic heterocycles. The van der Waals surface area contributed by atoms with Crippen LogP contribution in [0.25, 0.3) is 0 Å². The Labute approximate surface area is 394 Å². The summed E-state index contributed by atoms with van der Waals surface area (Å²) in [5.74, 6) is 0.434. The van der Waals surface area contributed by atoms with Crippen molar-refractivity contribution >= 4 is 11.9 Å². The molecule has 0 heterocycles. The van der Waals surface area contributed by atoms with Crippen molar-refractivity contribution in [1.82, 2.24) is 9.96 Å². The van der Waals surface area contributed by atoms with E-state index >= 15 is 0 Å². The molecule has 0 atom stereocenters. The molecule has 0 spiro atoms. The van der Waals surface area contributed by atoms with Gasteiger partial charge in [-0.15, -0.1) is 0 Å². The molecule has 0 radical (unpaired) electrons. The van der Waals surface area contributed by atoms with Crippen LogP contribution in [0, 0.1) is 11.8 Å². The van der Waals surface area contributed by atoms with Crippen molar-refractivity contribution in [3.63, 3.8) is 0 Å². The van der Waals surface area contributed by atoms with Crippen LogP contribution >= 0.6 is 0 Å². The van der Waals surface area contributed by atoms with E-state index in [1.165, 1.54) is 211 Å². The number of unbranched alkanes of at least 4 members (excludes halogenated alkanes) is 29. The molecular weight excluding hydrogens is 781 g/mol. The standard InChI is InChI=1S/C36H71NO3.C20H41NO2/c1-3-5-7-9-15-21-27-35(28-22-16-10-8-6-4-2)29-23-17-12-11-13-19-25-31-37(33-34-38)32-26-20-14-18-24-30-36(39)40;1-5-7-9-11-13-15-17-19(20(22)21(3)23-4)18-16-14-12-10-8-6-2/h23,29,35,38H,3-22,24-28,30-34H2,1-2H3,(H,39,40);19H,5-18H2,1-4H3. The molecule has 1 amide bonds. The van der Waals surface area contributed by atoms with Crippen molar-refractivity contribution in [2.75, 3.05) is 40.4 Å². The van der Waals surface area contributed by atoms with Crippen molar-refractivity contribution in [3.05, 3.63) is 12.2 Å². The number of carbonyl (C=O) groups is 2. The topological polar surface area (TPSA) is 90.3 Å². The summed E-state index contributed by atoms with van der Waals surface area (Å²) in [6.07, 6.45) is 55.5. The molecule has 63 heavy (non-hydrogen) atoms. The summed E-state index contributed by atoms with van der Waals surface area (Å²) in [6, 6.07) is 0. The molecule has 0 aliphatic carbocycles. The van der Waals surface area contributed by atoms with E-state index in [0.29, 0.717) is 6.42 Å². The molecule has 0 aromatic heterocycles. The summed E-state index contributed by atoms with van der Waals surface area (Å²) in [5, 5.41) is 19.5. The van der Waals surface area contributed by atoms with Crippen molar-refractivity contribution < 1.29 is 24.6 Å². The van der Waals surface area contributed by atoms with Crippen molar-refractivity contribution in [3.8, 4) is 0 Å². The minimum atomic E-state index is -0.683.